The zero-order chi connectivity index (χ0) is 17.6. The van der Waals surface area contributed by atoms with E-state index in [-0.39, 0.29) is 5.91 Å². The average Bonchev–Trinajstić information content (AvgIpc) is 3.01. The van der Waals surface area contributed by atoms with Crippen molar-refractivity contribution in [2.75, 3.05) is 11.1 Å². The van der Waals surface area contributed by atoms with E-state index in [1.165, 1.54) is 36.5 Å². The maximum absolute atomic E-state index is 12.2. The second kappa shape index (κ2) is 8.11. The van der Waals surface area contributed by atoms with Gasteiger partial charge in [-0.25, -0.2) is 9.97 Å². The van der Waals surface area contributed by atoms with E-state index in [9.17, 15) is 4.79 Å². The van der Waals surface area contributed by atoms with E-state index in [0.717, 1.165) is 28.2 Å². The molecule has 0 unspecified atom stereocenters. The van der Waals surface area contributed by atoms with Crippen LogP contribution in [0, 0.1) is 0 Å². The van der Waals surface area contributed by atoms with Gasteiger partial charge in [-0.05, 0) is 30.5 Å². The number of carbonyl (C=O) groups is 1. The number of hydrogen-bond donors (Lipinski definition) is 1. The Bertz CT molecular complexity index is 860. The van der Waals surface area contributed by atoms with E-state index in [4.69, 9.17) is 0 Å². The normalized spacial score (nSPS) is 11.0. The molecule has 0 spiro atoms. The number of thioether (sulfide) groups is 1. The maximum Gasteiger partial charge on any atom is 0.234 e. The van der Waals surface area contributed by atoms with Gasteiger partial charge in [0.1, 0.15) is 11.4 Å². The molecular formula is C18H21N5OS. The molecule has 1 aromatic carbocycles. The van der Waals surface area contributed by atoms with Crippen molar-refractivity contribution in [3.8, 4) is 0 Å². The van der Waals surface area contributed by atoms with Gasteiger partial charge in [-0.2, -0.15) is 5.10 Å². The zero-order valence-electron chi connectivity index (χ0n) is 14.4. The van der Waals surface area contributed by atoms with Gasteiger partial charge in [0.2, 0.25) is 5.91 Å². The fraction of sp³-hybridized carbons (Fsp3) is 0.333. The minimum absolute atomic E-state index is 0.0537. The quantitative estimate of drug-likeness (QED) is 0.519. The SMILES string of the molecule is CCCCc1ccc(NC(=O)CSc2ncnc3c2cnn3C)cc1. The Labute approximate surface area is 151 Å². The third kappa shape index (κ3) is 4.36. The Kier molecular flexibility index (Phi) is 5.65. The van der Waals surface area contributed by atoms with Gasteiger partial charge in [-0.3, -0.25) is 9.48 Å². The number of anilines is 1. The zero-order valence-corrected chi connectivity index (χ0v) is 15.2. The monoisotopic (exact) mass is 355 g/mol. The molecule has 1 N–H and O–H groups in total. The Hall–Kier alpha value is -2.41. The molecular weight excluding hydrogens is 334 g/mol. The summed E-state index contributed by atoms with van der Waals surface area (Å²) in [5, 5.41) is 8.74. The van der Waals surface area contributed by atoms with Crippen molar-refractivity contribution in [1.29, 1.82) is 0 Å². The molecule has 3 aromatic rings. The van der Waals surface area contributed by atoms with Gasteiger partial charge < -0.3 is 5.32 Å². The first-order valence-corrected chi connectivity index (χ1v) is 9.30. The van der Waals surface area contributed by atoms with Gasteiger partial charge in [0, 0.05) is 12.7 Å². The summed E-state index contributed by atoms with van der Waals surface area (Å²) < 4.78 is 1.70. The number of hydrogen-bond acceptors (Lipinski definition) is 5. The summed E-state index contributed by atoms with van der Waals surface area (Å²) in [6.45, 7) is 2.18. The summed E-state index contributed by atoms with van der Waals surface area (Å²) >= 11 is 1.39. The molecule has 0 saturated heterocycles. The summed E-state index contributed by atoms with van der Waals surface area (Å²) in [4.78, 5) is 20.6. The lowest BCUT2D eigenvalue weighted by Crippen LogP contribution is -2.14. The molecule has 0 atom stereocenters. The summed E-state index contributed by atoms with van der Waals surface area (Å²) in [6.07, 6.45) is 6.67. The second-order valence-electron chi connectivity index (χ2n) is 5.82. The fourth-order valence-corrected chi connectivity index (χ4v) is 3.28. The van der Waals surface area contributed by atoms with E-state index in [2.05, 4.69) is 39.4 Å². The van der Waals surface area contributed by atoms with Crippen LogP contribution in [0.1, 0.15) is 25.3 Å². The predicted molar refractivity (Wildman–Crippen MR) is 101 cm³/mol. The van der Waals surface area contributed by atoms with Crippen molar-refractivity contribution in [2.45, 2.75) is 31.2 Å². The molecule has 2 aromatic heterocycles. The van der Waals surface area contributed by atoms with Gasteiger partial charge in [-0.1, -0.05) is 37.2 Å². The van der Waals surface area contributed by atoms with Crippen LogP contribution in [0.3, 0.4) is 0 Å². The molecule has 0 saturated carbocycles. The van der Waals surface area contributed by atoms with Gasteiger partial charge in [0.05, 0.1) is 17.3 Å². The number of rotatable bonds is 7. The largest absolute Gasteiger partial charge is 0.325 e. The molecule has 0 radical (unpaired) electrons. The highest BCUT2D eigenvalue weighted by molar-refractivity contribution is 8.00. The number of aromatic nitrogens is 4. The molecule has 7 heteroatoms. The van der Waals surface area contributed by atoms with Crippen molar-refractivity contribution in [2.24, 2.45) is 7.05 Å². The first kappa shape index (κ1) is 17.4. The van der Waals surface area contributed by atoms with Crippen LogP contribution in [-0.2, 0) is 18.3 Å². The van der Waals surface area contributed by atoms with Crippen LogP contribution in [0.2, 0.25) is 0 Å². The number of unbranched alkanes of at least 4 members (excludes halogenated alkanes) is 1. The molecule has 0 bridgehead atoms. The van der Waals surface area contributed by atoms with E-state index in [1.807, 2.05) is 19.2 Å². The molecule has 1 amide bonds. The van der Waals surface area contributed by atoms with Gasteiger partial charge >= 0.3 is 0 Å². The third-order valence-corrected chi connectivity index (χ3v) is 4.89. The summed E-state index contributed by atoms with van der Waals surface area (Å²) in [5.74, 6) is 0.237. The molecule has 0 aliphatic rings. The number of nitrogens with one attached hydrogen (secondary N) is 1. The number of nitrogens with zero attached hydrogens (tertiary/aromatic N) is 4. The molecule has 0 aliphatic carbocycles. The number of fused-ring (bicyclic) bond motifs is 1. The third-order valence-electron chi connectivity index (χ3n) is 3.89. The van der Waals surface area contributed by atoms with Crippen LogP contribution < -0.4 is 5.32 Å². The van der Waals surface area contributed by atoms with E-state index < -0.39 is 0 Å². The first-order valence-electron chi connectivity index (χ1n) is 8.31. The molecule has 0 aliphatic heterocycles. The number of carbonyl (C=O) groups excluding carboxylic acids is 1. The van der Waals surface area contributed by atoms with Crippen molar-refractivity contribution in [3.05, 3.63) is 42.4 Å². The Morgan fingerprint density at radius 2 is 2.04 bits per heavy atom. The van der Waals surface area contributed by atoms with Crippen LogP contribution in [-0.4, -0.2) is 31.4 Å². The van der Waals surface area contributed by atoms with Gasteiger partial charge in [-0.15, -0.1) is 0 Å². The summed E-state index contributed by atoms with van der Waals surface area (Å²) in [6, 6.07) is 8.05. The van der Waals surface area contributed by atoms with E-state index in [1.54, 1.807) is 10.9 Å². The van der Waals surface area contributed by atoms with Crippen LogP contribution in [0.25, 0.3) is 11.0 Å². The number of aryl methyl sites for hydroxylation is 2. The van der Waals surface area contributed by atoms with Crippen LogP contribution >= 0.6 is 11.8 Å². The Morgan fingerprint density at radius 3 is 2.80 bits per heavy atom. The van der Waals surface area contributed by atoms with Crippen molar-refractivity contribution in [3.63, 3.8) is 0 Å². The van der Waals surface area contributed by atoms with Crippen molar-refractivity contribution < 1.29 is 4.79 Å². The molecule has 3 rings (SSSR count). The minimum Gasteiger partial charge on any atom is -0.325 e. The van der Waals surface area contributed by atoms with E-state index in [0.29, 0.717) is 5.75 Å². The number of benzene rings is 1. The fourth-order valence-electron chi connectivity index (χ4n) is 2.52. The highest BCUT2D eigenvalue weighted by Crippen LogP contribution is 2.24. The lowest BCUT2D eigenvalue weighted by Gasteiger charge is -2.07. The Morgan fingerprint density at radius 1 is 1.24 bits per heavy atom. The van der Waals surface area contributed by atoms with Gasteiger partial charge in [0.15, 0.2) is 5.65 Å². The van der Waals surface area contributed by atoms with Crippen LogP contribution in [0.15, 0.2) is 41.8 Å². The topological polar surface area (TPSA) is 72.7 Å². The smallest absolute Gasteiger partial charge is 0.234 e. The molecule has 130 valence electrons. The minimum atomic E-state index is -0.0537. The van der Waals surface area contributed by atoms with Crippen LogP contribution in [0.4, 0.5) is 5.69 Å². The Balaban J connectivity index is 1.57. The summed E-state index contributed by atoms with van der Waals surface area (Å²) in [5.41, 5.74) is 2.88. The average molecular weight is 355 g/mol. The molecule has 0 fully saturated rings. The predicted octanol–water partition coefficient (Wildman–Crippen LogP) is 3.44. The van der Waals surface area contributed by atoms with Gasteiger partial charge in [0.25, 0.3) is 0 Å². The second-order valence-corrected chi connectivity index (χ2v) is 6.79. The van der Waals surface area contributed by atoms with Crippen molar-refractivity contribution >= 4 is 34.4 Å². The highest BCUT2D eigenvalue weighted by Gasteiger charge is 2.10. The lowest BCUT2D eigenvalue weighted by atomic mass is 10.1. The lowest BCUT2D eigenvalue weighted by molar-refractivity contribution is -0.113. The molecule has 6 nitrogen and oxygen atoms in total. The standard InChI is InChI=1S/C18H21N5OS/c1-3-4-5-13-6-8-14(9-7-13)22-16(24)11-25-18-15-10-21-23(2)17(15)19-12-20-18/h6-10,12H,3-5,11H2,1-2H3,(H,22,24). The van der Waals surface area contributed by atoms with E-state index >= 15 is 0 Å². The van der Waals surface area contributed by atoms with Crippen LogP contribution in [0.5, 0.6) is 0 Å². The highest BCUT2D eigenvalue weighted by atomic mass is 32.2. The summed E-state index contributed by atoms with van der Waals surface area (Å²) in [7, 11) is 1.83. The molecule has 2 heterocycles. The number of amides is 1. The maximum atomic E-state index is 12.2. The molecule has 25 heavy (non-hydrogen) atoms. The van der Waals surface area contributed by atoms with Crippen molar-refractivity contribution in [1.82, 2.24) is 19.7 Å². The first-order chi connectivity index (χ1) is 12.2.